The lowest BCUT2D eigenvalue weighted by Gasteiger charge is -2.28. The number of carbonyl (C=O) groups excluding carboxylic acids is 2. The molecule has 5 aromatic rings. The number of nitrogens with one attached hydrogen (secondary N) is 1. The number of ether oxygens (including phenoxy) is 1. The number of nitrogens with zero attached hydrogens (tertiary/aromatic N) is 2. The fourth-order valence-corrected chi connectivity index (χ4v) is 5.17. The molecule has 8 heteroatoms. The Kier molecular flexibility index (Phi) is 5.81. The molecule has 0 aliphatic carbocycles. The minimum absolute atomic E-state index is 0.0309. The molecule has 3 aromatic carbocycles. The lowest BCUT2D eigenvalue weighted by molar-refractivity contribution is -0.138. The summed E-state index contributed by atoms with van der Waals surface area (Å²) in [6.07, 6.45) is 1.53. The van der Waals surface area contributed by atoms with Crippen molar-refractivity contribution in [1.82, 2.24) is 4.57 Å². The third kappa shape index (κ3) is 3.99. The van der Waals surface area contributed by atoms with Crippen molar-refractivity contribution in [2.45, 2.75) is 20.4 Å². The lowest BCUT2D eigenvalue weighted by atomic mass is 10.0. The highest BCUT2D eigenvalue weighted by Crippen LogP contribution is 2.39. The molecule has 2 aromatic heterocycles. The SMILES string of the molecule is CCn1c2ccc(C(=O)c3ccc(N4CCOCC4)cc3)cc2c2c3occ(NOC(C)=O)c3ccc21. The highest BCUT2D eigenvalue weighted by molar-refractivity contribution is 6.22. The molecule has 37 heavy (non-hydrogen) atoms. The molecule has 8 nitrogen and oxygen atoms in total. The zero-order chi connectivity index (χ0) is 25.5. The number of anilines is 2. The molecule has 3 heterocycles. The normalized spacial score (nSPS) is 13.9. The van der Waals surface area contributed by atoms with E-state index in [1.54, 1.807) is 0 Å². The summed E-state index contributed by atoms with van der Waals surface area (Å²) in [6, 6.07) is 17.6. The van der Waals surface area contributed by atoms with Crippen LogP contribution in [-0.2, 0) is 20.9 Å². The Labute approximate surface area is 213 Å². The van der Waals surface area contributed by atoms with Crippen LogP contribution in [-0.4, -0.2) is 42.6 Å². The van der Waals surface area contributed by atoms with Crippen LogP contribution in [0.4, 0.5) is 11.4 Å². The summed E-state index contributed by atoms with van der Waals surface area (Å²) in [5.74, 6) is -0.476. The van der Waals surface area contributed by atoms with E-state index in [4.69, 9.17) is 14.0 Å². The topological polar surface area (TPSA) is 85.9 Å². The molecule has 1 N–H and O–H groups in total. The monoisotopic (exact) mass is 497 g/mol. The van der Waals surface area contributed by atoms with Crippen molar-refractivity contribution >= 4 is 55.9 Å². The average Bonchev–Trinajstić information content (AvgIpc) is 3.49. The van der Waals surface area contributed by atoms with E-state index in [0.717, 1.165) is 65.7 Å². The van der Waals surface area contributed by atoms with E-state index in [2.05, 4.69) is 21.9 Å². The highest BCUT2D eigenvalue weighted by Gasteiger charge is 2.20. The first-order chi connectivity index (χ1) is 18.0. The standard InChI is InChI=1S/C29H27N3O5/c1-3-32-25-10-6-20(28(34)19-4-7-21(8-5-19)31-12-14-35-15-13-31)16-23(25)27-26(32)11-9-22-24(17-36-29(22)27)30-37-18(2)33/h4-11,16-17,30H,3,12-15H2,1-2H3. The maximum absolute atomic E-state index is 13.5. The lowest BCUT2D eigenvalue weighted by Crippen LogP contribution is -2.36. The van der Waals surface area contributed by atoms with Gasteiger partial charge in [-0.25, -0.2) is 5.48 Å². The number of ketones is 1. The molecule has 1 fully saturated rings. The number of fused-ring (bicyclic) bond motifs is 5. The van der Waals surface area contributed by atoms with E-state index in [0.29, 0.717) is 22.4 Å². The van der Waals surface area contributed by atoms with Gasteiger partial charge in [-0.05, 0) is 61.5 Å². The molecular formula is C29H27N3O5. The van der Waals surface area contributed by atoms with Crippen molar-refractivity contribution in [3.63, 3.8) is 0 Å². The third-order valence-corrected chi connectivity index (χ3v) is 6.96. The van der Waals surface area contributed by atoms with Gasteiger partial charge in [-0.1, -0.05) is 0 Å². The number of morpholine rings is 1. The summed E-state index contributed by atoms with van der Waals surface area (Å²) in [5, 5.41) is 2.65. The van der Waals surface area contributed by atoms with Crippen molar-refractivity contribution in [2.75, 3.05) is 36.7 Å². The van der Waals surface area contributed by atoms with Crippen LogP contribution in [0.2, 0.25) is 0 Å². The molecular weight excluding hydrogens is 470 g/mol. The number of aryl methyl sites for hydroxylation is 1. The Morgan fingerprint density at radius 3 is 2.41 bits per heavy atom. The van der Waals surface area contributed by atoms with Gasteiger partial charge < -0.3 is 23.5 Å². The molecule has 1 aliphatic rings. The van der Waals surface area contributed by atoms with Crippen LogP contribution in [0.25, 0.3) is 32.8 Å². The minimum atomic E-state index is -0.445. The fourth-order valence-electron chi connectivity index (χ4n) is 5.17. The average molecular weight is 498 g/mol. The number of hydrogen-bond acceptors (Lipinski definition) is 7. The van der Waals surface area contributed by atoms with Gasteiger partial charge >= 0.3 is 5.97 Å². The van der Waals surface area contributed by atoms with Crippen LogP contribution in [0.3, 0.4) is 0 Å². The van der Waals surface area contributed by atoms with E-state index in [-0.39, 0.29) is 5.78 Å². The van der Waals surface area contributed by atoms with Gasteiger partial charge in [0.2, 0.25) is 0 Å². The van der Waals surface area contributed by atoms with Crippen molar-refractivity contribution in [1.29, 1.82) is 0 Å². The summed E-state index contributed by atoms with van der Waals surface area (Å²) >= 11 is 0. The number of aromatic nitrogens is 1. The van der Waals surface area contributed by atoms with Gasteiger partial charge in [-0.15, -0.1) is 0 Å². The smallest absolute Gasteiger partial charge is 0.329 e. The number of furan rings is 1. The summed E-state index contributed by atoms with van der Waals surface area (Å²) in [4.78, 5) is 32.0. The molecule has 0 unspecified atom stereocenters. The highest BCUT2D eigenvalue weighted by atomic mass is 16.7. The second kappa shape index (κ2) is 9.29. The van der Waals surface area contributed by atoms with Crippen LogP contribution >= 0.6 is 0 Å². The summed E-state index contributed by atoms with van der Waals surface area (Å²) < 4.78 is 13.6. The van der Waals surface area contributed by atoms with Gasteiger partial charge in [0.15, 0.2) is 5.78 Å². The van der Waals surface area contributed by atoms with Crippen LogP contribution < -0.4 is 10.4 Å². The van der Waals surface area contributed by atoms with Crippen molar-refractivity contribution in [3.8, 4) is 0 Å². The first kappa shape index (κ1) is 23.1. The quantitative estimate of drug-likeness (QED) is 0.244. The minimum Gasteiger partial charge on any atom is -0.461 e. The predicted molar refractivity (Wildman–Crippen MR) is 143 cm³/mol. The van der Waals surface area contributed by atoms with Gasteiger partial charge in [-0.3, -0.25) is 9.59 Å². The maximum Gasteiger partial charge on any atom is 0.329 e. The van der Waals surface area contributed by atoms with E-state index in [9.17, 15) is 9.59 Å². The largest absolute Gasteiger partial charge is 0.461 e. The van der Waals surface area contributed by atoms with E-state index >= 15 is 0 Å². The molecule has 1 aliphatic heterocycles. The van der Waals surface area contributed by atoms with E-state index < -0.39 is 5.97 Å². The predicted octanol–water partition coefficient (Wildman–Crippen LogP) is 5.52. The Morgan fingerprint density at radius 2 is 1.68 bits per heavy atom. The van der Waals surface area contributed by atoms with Gasteiger partial charge in [0.1, 0.15) is 17.5 Å². The zero-order valence-electron chi connectivity index (χ0n) is 20.7. The summed E-state index contributed by atoms with van der Waals surface area (Å²) in [7, 11) is 0. The number of hydrogen-bond donors (Lipinski definition) is 1. The zero-order valence-corrected chi connectivity index (χ0v) is 20.7. The second-order valence-corrected chi connectivity index (χ2v) is 9.13. The Balaban J connectivity index is 1.41. The molecule has 0 saturated carbocycles. The fraction of sp³-hybridized carbons (Fsp3) is 0.241. The Hall–Kier alpha value is -4.30. The number of rotatable bonds is 6. The van der Waals surface area contributed by atoms with Gasteiger partial charge in [-0.2, -0.15) is 0 Å². The van der Waals surface area contributed by atoms with Gasteiger partial charge in [0, 0.05) is 59.7 Å². The molecule has 0 atom stereocenters. The van der Waals surface area contributed by atoms with Crippen molar-refractivity contribution in [2.24, 2.45) is 0 Å². The second-order valence-electron chi connectivity index (χ2n) is 9.13. The summed E-state index contributed by atoms with van der Waals surface area (Å²) in [6.45, 7) is 7.33. The van der Waals surface area contributed by atoms with Crippen LogP contribution in [0.5, 0.6) is 0 Å². The first-order valence-corrected chi connectivity index (χ1v) is 12.4. The van der Waals surface area contributed by atoms with Crippen molar-refractivity contribution in [3.05, 3.63) is 72.0 Å². The third-order valence-electron chi connectivity index (χ3n) is 6.96. The van der Waals surface area contributed by atoms with Crippen molar-refractivity contribution < 1.29 is 23.6 Å². The molecule has 0 spiro atoms. The molecule has 6 rings (SSSR count). The van der Waals surface area contributed by atoms with Gasteiger partial charge in [0.25, 0.3) is 0 Å². The van der Waals surface area contributed by atoms with Crippen LogP contribution in [0, 0.1) is 0 Å². The molecule has 1 saturated heterocycles. The van der Waals surface area contributed by atoms with Crippen LogP contribution in [0.15, 0.2) is 65.3 Å². The number of benzene rings is 3. The first-order valence-electron chi connectivity index (χ1n) is 12.4. The molecule has 188 valence electrons. The maximum atomic E-state index is 13.5. The van der Waals surface area contributed by atoms with Crippen LogP contribution in [0.1, 0.15) is 29.8 Å². The van der Waals surface area contributed by atoms with E-state index in [1.807, 2.05) is 54.6 Å². The Morgan fingerprint density at radius 1 is 0.946 bits per heavy atom. The molecule has 0 amide bonds. The summed E-state index contributed by atoms with van der Waals surface area (Å²) in [5.41, 5.74) is 8.29. The number of carbonyl (C=O) groups is 2. The molecule has 0 radical (unpaired) electrons. The Bertz CT molecular complexity index is 1640. The molecule has 0 bridgehead atoms. The van der Waals surface area contributed by atoms with E-state index in [1.165, 1.54) is 13.2 Å². The van der Waals surface area contributed by atoms with Gasteiger partial charge in [0.05, 0.1) is 24.1 Å².